The highest BCUT2D eigenvalue weighted by molar-refractivity contribution is 6.42. The van der Waals surface area contributed by atoms with Gasteiger partial charge >= 0.3 is 5.97 Å². The van der Waals surface area contributed by atoms with E-state index in [9.17, 15) is 9.59 Å². The number of hydrogen-bond acceptors (Lipinski definition) is 5. The second kappa shape index (κ2) is 8.33. The Morgan fingerprint density at radius 2 is 2.04 bits per heavy atom. The molecule has 8 heteroatoms. The molecular formula is C19H19Cl2NO5. The van der Waals surface area contributed by atoms with Crippen LogP contribution >= 0.6 is 23.2 Å². The van der Waals surface area contributed by atoms with Crippen molar-refractivity contribution in [2.24, 2.45) is 11.8 Å². The van der Waals surface area contributed by atoms with Gasteiger partial charge < -0.3 is 19.5 Å². The van der Waals surface area contributed by atoms with Gasteiger partial charge in [-0.25, -0.2) is 4.79 Å². The highest BCUT2D eigenvalue weighted by atomic mass is 35.5. The zero-order chi connectivity index (χ0) is 19.6. The number of allylic oxidation sites excluding steroid dienone is 1. The molecule has 0 aromatic heterocycles. The summed E-state index contributed by atoms with van der Waals surface area (Å²) in [4.78, 5) is 24.4. The normalized spacial score (nSPS) is 23.6. The van der Waals surface area contributed by atoms with Crippen molar-refractivity contribution < 1.29 is 23.8 Å². The van der Waals surface area contributed by atoms with E-state index in [1.54, 1.807) is 19.2 Å². The quantitative estimate of drug-likeness (QED) is 0.593. The van der Waals surface area contributed by atoms with E-state index in [0.717, 1.165) is 5.57 Å². The van der Waals surface area contributed by atoms with Crippen molar-refractivity contribution in [1.29, 1.82) is 0 Å². The molecule has 1 heterocycles. The summed E-state index contributed by atoms with van der Waals surface area (Å²) in [6.45, 7) is 0.303. The van der Waals surface area contributed by atoms with Crippen LogP contribution < -0.4 is 5.32 Å². The Balaban J connectivity index is 1.70. The third-order valence-electron chi connectivity index (χ3n) is 4.81. The van der Waals surface area contributed by atoms with E-state index in [0.29, 0.717) is 34.1 Å². The molecule has 1 aliphatic heterocycles. The predicted octanol–water partition coefficient (Wildman–Crippen LogP) is 3.35. The topological polar surface area (TPSA) is 73.9 Å². The minimum atomic E-state index is -0.529. The number of esters is 1. The molecule has 2 aliphatic rings. The summed E-state index contributed by atoms with van der Waals surface area (Å²) < 4.78 is 15.8. The molecule has 0 radical (unpaired) electrons. The maximum atomic E-state index is 12.4. The third kappa shape index (κ3) is 3.98. The van der Waals surface area contributed by atoms with Crippen LogP contribution in [0, 0.1) is 11.8 Å². The summed E-state index contributed by atoms with van der Waals surface area (Å²) in [5.41, 5.74) is 1.82. The minimum absolute atomic E-state index is 0.104. The van der Waals surface area contributed by atoms with Crippen LogP contribution in [0.25, 0.3) is 0 Å². The molecule has 3 rings (SSSR count). The molecule has 27 heavy (non-hydrogen) atoms. The largest absolute Gasteiger partial charge is 0.471 e. The van der Waals surface area contributed by atoms with E-state index in [1.807, 2.05) is 6.08 Å². The molecule has 6 nitrogen and oxygen atoms in total. The molecule has 1 aliphatic carbocycles. The summed E-state index contributed by atoms with van der Waals surface area (Å²) in [5, 5.41) is 3.57. The van der Waals surface area contributed by atoms with Gasteiger partial charge in [-0.1, -0.05) is 29.3 Å². The number of carbonyl (C=O) groups is 2. The Hall–Kier alpha value is -2.02. The van der Waals surface area contributed by atoms with Gasteiger partial charge in [0.1, 0.15) is 0 Å². The van der Waals surface area contributed by atoms with Crippen LogP contribution in [-0.2, 0) is 19.0 Å². The van der Waals surface area contributed by atoms with Crippen molar-refractivity contribution >= 4 is 35.1 Å². The number of hydrogen-bond donors (Lipinski definition) is 1. The van der Waals surface area contributed by atoms with Crippen molar-refractivity contribution in [3.05, 3.63) is 57.3 Å². The molecule has 0 saturated heterocycles. The standard InChI is InChI=1S/C19H19Cl2NO5/c1-25-18(24)13-9-27-19(26-2)16-11(3-5-12(13)16)8-22-17(23)10-4-6-14(20)15(21)7-10/h3-4,6-7,9,12,16,19H,5,8H2,1-2H3,(H,22,23)/t12-,16-,19-/m1/s1. The van der Waals surface area contributed by atoms with Gasteiger partial charge in [-0.15, -0.1) is 0 Å². The Morgan fingerprint density at radius 1 is 1.26 bits per heavy atom. The van der Waals surface area contributed by atoms with E-state index in [2.05, 4.69) is 5.32 Å². The first-order valence-corrected chi connectivity index (χ1v) is 9.10. The van der Waals surface area contributed by atoms with Crippen LogP contribution in [0.3, 0.4) is 0 Å². The number of amides is 1. The molecule has 1 aromatic rings. The number of ether oxygens (including phenoxy) is 3. The number of halogens is 2. The number of rotatable bonds is 5. The minimum Gasteiger partial charge on any atom is -0.471 e. The first-order valence-electron chi connectivity index (χ1n) is 8.35. The Kier molecular flexibility index (Phi) is 6.09. The van der Waals surface area contributed by atoms with Crippen LogP contribution in [-0.4, -0.2) is 38.9 Å². The van der Waals surface area contributed by atoms with Crippen molar-refractivity contribution in [1.82, 2.24) is 5.32 Å². The number of benzene rings is 1. The van der Waals surface area contributed by atoms with Crippen LogP contribution in [0.5, 0.6) is 0 Å². The van der Waals surface area contributed by atoms with Crippen molar-refractivity contribution in [2.45, 2.75) is 12.7 Å². The molecular weight excluding hydrogens is 393 g/mol. The van der Waals surface area contributed by atoms with E-state index in [4.69, 9.17) is 37.4 Å². The van der Waals surface area contributed by atoms with Gasteiger partial charge in [0.25, 0.3) is 5.91 Å². The fraction of sp³-hybridized carbons (Fsp3) is 0.368. The second-order valence-corrected chi connectivity index (χ2v) is 7.08. The molecule has 0 bridgehead atoms. The lowest BCUT2D eigenvalue weighted by molar-refractivity contribution is -0.146. The fourth-order valence-corrected chi connectivity index (χ4v) is 3.75. The molecule has 1 aromatic carbocycles. The Morgan fingerprint density at radius 3 is 2.70 bits per heavy atom. The average Bonchev–Trinajstić information content (AvgIpc) is 3.11. The van der Waals surface area contributed by atoms with Crippen LogP contribution in [0.15, 0.2) is 41.7 Å². The molecule has 0 unspecified atom stereocenters. The summed E-state index contributed by atoms with van der Waals surface area (Å²) in [6, 6.07) is 4.70. The maximum absolute atomic E-state index is 12.4. The predicted molar refractivity (Wildman–Crippen MR) is 100 cm³/mol. The smallest absolute Gasteiger partial charge is 0.337 e. The molecule has 144 valence electrons. The lowest BCUT2D eigenvalue weighted by atomic mass is 9.83. The second-order valence-electron chi connectivity index (χ2n) is 6.26. The summed E-state index contributed by atoms with van der Waals surface area (Å²) >= 11 is 11.8. The van der Waals surface area contributed by atoms with Gasteiger partial charge in [0.15, 0.2) is 0 Å². The van der Waals surface area contributed by atoms with Crippen molar-refractivity contribution in [2.75, 3.05) is 20.8 Å². The van der Waals surface area contributed by atoms with Gasteiger partial charge in [0.2, 0.25) is 6.29 Å². The zero-order valence-electron chi connectivity index (χ0n) is 14.8. The number of methoxy groups -OCH3 is 2. The highest BCUT2D eigenvalue weighted by Crippen LogP contribution is 2.43. The van der Waals surface area contributed by atoms with Crippen LogP contribution in [0.1, 0.15) is 16.8 Å². The van der Waals surface area contributed by atoms with Crippen molar-refractivity contribution in [3.63, 3.8) is 0 Å². The fourth-order valence-electron chi connectivity index (χ4n) is 3.45. The number of carbonyl (C=O) groups excluding carboxylic acids is 2. The van der Waals surface area contributed by atoms with Crippen molar-refractivity contribution in [3.8, 4) is 0 Å². The summed E-state index contributed by atoms with van der Waals surface area (Å²) in [6.07, 6.45) is 3.53. The Labute approximate surface area is 167 Å². The summed E-state index contributed by atoms with van der Waals surface area (Å²) in [5.74, 6) is -0.974. The molecule has 3 atom stereocenters. The van der Waals surface area contributed by atoms with Crippen LogP contribution in [0.2, 0.25) is 10.0 Å². The molecule has 0 saturated carbocycles. The Bertz CT molecular complexity index is 820. The van der Waals surface area contributed by atoms with Gasteiger partial charge in [-0.05, 0) is 30.2 Å². The molecule has 1 N–H and O–H groups in total. The van der Waals surface area contributed by atoms with Gasteiger partial charge in [0.05, 0.1) is 34.9 Å². The van der Waals surface area contributed by atoms with E-state index in [-0.39, 0.29) is 17.7 Å². The van der Waals surface area contributed by atoms with Gasteiger partial charge in [-0.3, -0.25) is 4.79 Å². The summed E-state index contributed by atoms with van der Waals surface area (Å²) in [7, 11) is 2.88. The zero-order valence-corrected chi connectivity index (χ0v) is 16.3. The monoisotopic (exact) mass is 411 g/mol. The number of nitrogens with one attached hydrogen (secondary N) is 1. The van der Waals surface area contributed by atoms with Crippen LogP contribution in [0.4, 0.5) is 0 Å². The lowest BCUT2D eigenvalue weighted by Crippen LogP contribution is -2.38. The first kappa shape index (κ1) is 19.7. The average molecular weight is 412 g/mol. The maximum Gasteiger partial charge on any atom is 0.337 e. The molecule has 0 spiro atoms. The van der Waals surface area contributed by atoms with E-state index in [1.165, 1.54) is 19.4 Å². The van der Waals surface area contributed by atoms with E-state index >= 15 is 0 Å². The number of fused-ring (bicyclic) bond motifs is 1. The molecule has 1 amide bonds. The first-order chi connectivity index (χ1) is 13.0. The SMILES string of the molecule is COC(=O)C1=CO[C@@H](OC)[C@@H]2C(CNC(=O)c3ccc(Cl)c(Cl)c3)=CC[C@H]12. The van der Waals surface area contributed by atoms with Gasteiger partial charge in [-0.2, -0.15) is 0 Å². The highest BCUT2D eigenvalue weighted by Gasteiger charge is 2.44. The third-order valence-corrected chi connectivity index (χ3v) is 5.54. The van der Waals surface area contributed by atoms with Gasteiger partial charge in [0, 0.05) is 25.1 Å². The molecule has 0 fully saturated rings. The van der Waals surface area contributed by atoms with E-state index < -0.39 is 12.3 Å². The lowest BCUT2D eigenvalue weighted by Gasteiger charge is -2.34.